The maximum atomic E-state index is 9.70. The number of carbonyl (C=O) groups is 1. The second-order valence-corrected chi connectivity index (χ2v) is 2.58. The lowest BCUT2D eigenvalue weighted by Gasteiger charge is -1.92. The molecule has 0 fully saturated rings. The van der Waals surface area contributed by atoms with E-state index in [4.69, 9.17) is 11.6 Å². The van der Waals surface area contributed by atoms with Crippen LogP contribution in [0.25, 0.3) is 0 Å². The number of carbonyl (C=O) groups excluding carboxylic acids is 1. The predicted molar refractivity (Wildman–Crippen MR) is 45.9 cm³/mol. The quantitative estimate of drug-likeness (QED) is 0.633. The van der Waals surface area contributed by atoms with Crippen molar-refractivity contribution in [1.82, 2.24) is 4.90 Å². The molecule has 0 heterocycles. The van der Waals surface area contributed by atoms with Crippen LogP contribution < -0.4 is 5.73 Å². The number of ether oxygens (including phenoxy) is 1. The van der Waals surface area contributed by atoms with Crippen LogP contribution in [0, 0.1) is 0 Å². The molecule has 0 aliphatic carbocycles. The van der Waals surface area contributed by atoms with E-state index in [0.29, 0.717) is 5.88 Å². The molecule has 0 radical (unpaired) electrons. The van der Waals surface area contributed by atoms with E-state index < -0.39 is 6.09 Å². The van der Waals surface area contributed by atoms with Crippen LogP contribution in [-0.2, 0) is 4.74 Å². The molecule has 0 unspecified atom stereocenters. The fourth-order valence-electron chi connectivity index (χ4n) is 0.139. The van der Waals surface area contributed by atoms with Gasteiger partial charge in [-0.2, -0.15) is 0 Å². The Balaban J connectivity index is 0. The van der Waals surface area contributed by atoms with Gasteiger partial charge in [0.05, 0.1) is 5.88 Å². The van der Waals surface area contributed by atoms with E-state index in [0.717, 1.165) is 0 Å². The largest absolute Gasteiger partial charge is 0.448 e. The van der Waals surface area contributed by atoms with E-state index in [2.05, 4.69) is 10.5 Å². The van der Waals surface area contributed by atoms with Crippen LogP contribution in [0.1, 0.15) is 0 Å². The van der Waals surface area contributed by atoms with Crippen molar-refractivity contribution >= 4 is 17.7 Å². The number of rotatable bonds is 2. The van der Waals surface area contributed by atoms with Crippen LogP contribution in [0.3, 0.4) is 0 Å². The summed E-state index contributed by atoms with van der Waals surface area (Å²) in [4.78, 5) is 11.7. The number of primary amides is 1. The highest BCUT2D eigenvalue weighted by Gasteiger charge is 1.87. The topological polar surface area (TPSA) is 55.6 Å². The molecule has 0 saturated heterocycles. The molecule has 2 N–H and O–H groups in total. The summed E-state index contributed by atoms with van der Waals surface area (Å²) in [6, 6.07) is 0. The zero-order chi connectivity index (χ0) is 9.28. The predicted octanol–water partition coefficient (Wildman–Crippen LogP) is 0.498. The van der Waals surface area contributed by atoms with Gasteiger partial charge in [0, 0.05) is 0 Å². The molecule has 0 rings (SSSR count). The van der Waals surface area contributed by atoms with Gasteiger partial charge in [0.2, 0.25) is 0 Å². The molecule has 5 heteroatoms. The maximum Gasteiger partial charge on any atom is 0.404 e. The first-order valence-corrected chi connectivity index (χ1v) is 3.63. The molecule has 0 aromatic carbocycles. The van der Waals surface area contributed by atoms with Crippen molar-refractivity contribution in [1.29, 1.82) is 0 Å². The molecule has 0 aromatic rings. The molecular formula is C6H15ClN2O2. The molecule has 0 spiro atoms. The molecule has 0 aliphatic rings. The molecule has 0 aromatic heterocycles. The first-order chi connectivity index (χ1) is 5.00. The van der Waals surface area contributed by atoms with Gasteiger partial charge < -0.3 is 15.4 Å². The molecular weight excluding hydrogens is 168 g/mol. The highest BCUT2D eigenvalue weighted by molar-refractivity contribution is 6.18. The van der Waals surface area contributed by atoms with Gasteiger partial charge in [0.1, 0.15) is 6.61 Å². The van der Waals surface area contributed by atoms with Crippen LogP contribution in [0.5, 0.6) is 0 Å². The SMILES string of the molecule is CN(C)C.NC(=O)OCCCl. The minimum Gasteiger partial charge on any atom is -0.448 e. The van der Waals surface area contributed by atoms with Gasteiger partial charge in [-0.15, -0.1) is 11.6 Å². The highest BCUT2D eigenvalue weighted by atomic mass is 35.5. The molecule has 68 valence electrons. The zero-order valence-corrected chi connectivity index (χ0v) is 7.89. The molecule has 1 amide bonds. The normalized spacial score (nSPS) is 8.45. The van der Waals surface area contributed by atoms with Crippen molar-refractivity contribution in [2.24, 2.45) is 5.73 Å². The third kappa shape index (κ3) is 43.4. The maximum absolute atomic E-state index is 9.70. The molecule has 4 nitrogen and oxygen atoms in total. The van der Waals surface area contributed by atoms with E-state index in [-0.39, 0.29) is 6.61 Å². The number of alkyl halides is 1. The van der Waals surface area contributed by atoms with Crippen LogP contribution >= 0.6 is 11.6 Å². The Morgan fingerprint density at radius 2 is 1.91 bits per heavy atom. The molecule has 0 aliphatic heterocycles. The summed E-state index contributed by atoms with van der Waals surface area (Å²) in [5.41, 5.74) is 4.56. The Labute approximate surface area is 72.2 Å². The summed E-state index contributed by atoms with van der Waals surface area (Å²) in [6.07, 6.45) is -0.777. The molecule has 0 saturated carbocycles. The summed E-state index contributed by atoms with van der Waals surface area (Å²) >= 11 is 5.11. The van der Waals surface area contributed by atoms with Crippen molar-refractivity contribution in [3.63, 3.8) is 0 Å². The Morgan fingerprint density at radius 1 is 1.55 bits per heavy atom. The number of nitrogens with zero attached hydrogens (tertiary/aromatic N) is 1. The Kier molecular flexibility index (Phi) is 11.4. The number of halogens is 1. The van der Waals surface area contributed by atoms with E-state index in [1.165, 1.54) is 0 Å². The van der Waals surface area contributed by atoms with Gasteiger partial charge in [-0.3, -0.25) is 0 Å². The summed E-state index contributed by atoms with van der Waals surface area (Å²) in [5, 5.41) is 0. The average molecular weight is 183 g/mol. The molecule has 11 heavy (non-hydrogen) atoms. The van der Waals surface area contributed by atoms with Gasteiger partial charge in [-0.25, -0.2) is 4.79 Å². The fraction of sp³-hybridized carbons (Fsp3) is 0.833. The second-order valence-electron chi connectivity index (χ2n) is 2.20. The molecule has 0 bridgehead atoms. The smallest absolute Gasteiger partial charge is 0.404 e. The van der Waals surface area contributed by atoms with Crippen LogP contribution in [-0.4, -0.2) is 44.6 Å². The summed E-state index contributed by atoms with van der Waals surface area (Å²) in [7, 11) is 6.00. The van der Waals surface area contributed by atoms with E-state index in [9.17, 15) is 4.79 Å². The average Bonchev–Trinajstić information content (AvgIpc) is 1.82. The second kappa shape index (κ2) is 9.52. The lowest BCUT2D eigenvalue weighted by atomic mass is 10.9. The third-order valence-electron chi connectivity index (χ3n) is 0.321. The van der Waals surface area contributed by atoms with Crippen LogP contribution in [0.2, 0.25) is 0 Å². The fourth-order valence-corrected chi connectivity index (χ4v) is 0.216. The van der Waals surface area contributed by atoms with E-state index in [1.807, 2.05) is 26.0 Å². The van der Waals surface area contributed by atoms with Crippen molar-refractivity contribution in [3.05, 3.63) is 0 Å². The summed E-state index contributed by atoms with van der Waals surface area (Å²) in [5.74, 6) is 0.295. The first kappa shape index (κ1) is 13.1. The lowest BCUT2D eigenvalue weighted by Crippen LogP contribution is -2.13. The first-order valence-electron chi connectivity index (χ1n) is 3.09. The van der Waals surface area contributed by atoms with Gasteiger partial charge in [-0.1, -0.05) is 0 Å². The van der Waals surface area contributed by atoms with Crippen molar-refractivity contribution in [3.8, 4) is 0 Å². The van der Waals surface area contributed by atoms with E-state index >= 15 is 0 Å². The van der Waals surface area contributed by atoms with E-state index in [1.54, 1.807) is 0 Å². The minimum absolute atomic E-state index is 0.191. The standard InChI is InChI=1S/C3H6ClNO2.C3H9N/c4-1-2-7-3(5)6;1-4(2)3/h1-2H2,(H2,5,6);1-3H3. The molecule has 0 atom stereocenters. The number of hydrogen-bond acceptors (Lipinski definition) is 3. The Bertz CT molecular complexity index is 95.8. The van der Waals surface area contributed by atoms with Crippen LogP contribution in [0.4, 0.5) is 4.79 Å². The Morgan fingerprint density at radius 3 is 2.00 bits per heavy atom. The van der Waals surface area contributed by atoms with Crippen molar-refractivity contribution in [2.75, 3.05) is 33.6 Å². The highest BCUT2D eigenvalue weighted by Crippen LogP contribution is 1.75. The van der Waals surface area contributed by atoms with Crippen molar-refractivity contribution < 1.29 is 9.53 Å². The van der Waals surface area contributed by atoms with Crippen molar-refractivity contribution in [2.45, 2.75) is 0 Å². The van der Waals surface area contributed by atoms with Gasteiger partial charge in [-0.05, 0) is 21.1 Å². The van der Waals surface area contributed by atoms with Crippen LogP contribution in [0.15, 0.2) is 0 Å². The number of amides is 1. The number of hydrogen-bond donors (Lipinski definition) is 1. The van der Waals surface area contributed by atoms with Gasteiger partial charge >= 0.3 is 6.09 Å². The van der Waals surface area contributed by atoms with Gasteiger partial charge in [0.15, 0.2) is 0 Å². The summed E-state index contributed by atoms with van der Waals surface area (Å²) < 4.78 is 4.20. The van der Waals surface area contributed by atoms with Gasteiger partial charge in [0.25, 0.3) is 0 Å². The lowest BCUT2D eigenvalue weighted by molar-refractivity contribution is 0.164. The number of nitrogens with two attached hydrogens (primary N) is 1. The zero-order valence-electron chi connectivity index (χ0n) is 7.13. The Hall–Kier alpha value is -0.480. The summed E-state index contributed by atoms with van der Waals surface area (Å²) in [6.45, 7) is 0.191. The third-order valence-corrected chi connectivity index (χ3v) is 0.476. The monoisotopic (exact) mass is 182 g/mol. The minimum atomic E-state index is -0.777.